The molecule has 2 aromatic heterocycles. The van der Waals surface area contributed by atoms with Crippen LogP contribution >= 0.6 is 11.3 Å². The molecule has 0 aliphatic heterocycles. The lowest BCUT2D eigenvalue weighted by atomic mass is 9.89. The summed E-state index contributed by atoms with van der Waals surface area (Å²) in [7, 11) is 1.89. The second-order valence-electron chi connectivity index (χ2n) is 5.95. The van der Waals surface area contributed by atoms with Gasteiger partial charge < -0.3 is 5.11 Å². The minimum atomic E-state index is -0.986. The van der Waals surface area contributed by atoms with Gasteiger partial charge in [0, 0.05) is 29.1 Å². The summed E-state index contributed by atoms with van der Waals surface area (Å²) in [6.45, 7) is 8.11. The maximum absolute atomic E-state index is 11.0. The van der Waals surface area contributed by atoms with Crippen molar-refractivity contribution >= 4 is 29.5 Å². The number of aromatic nitrogens is 3. The van der Waals surface area contributed by atoms with Crippen molar-refractivity contribution in [2.75, 3.05) is 0 Å². The van der Waals surface area contributed by atoms with Crippen LogP contribution in [0.2, 0.25) is 0 Å². The number of carboxylic acid groups (broad SMARTS) is 1. The smallest absolute Gasteiger partial charge is 0.355 e. The van der Waals surface area contributed by atoms with E-state index < -0.39 is 5.97 Å². The molecule has 0 atom stereocenters. The molecule has 0 aliphatic rings. The summed E-state index contributed by atoms with van der Waals surface area (Å²) in [5, 5.41) is 14.2. The fourth-order valence-electron chi connectivity index (χ4n) is 2.06. The summed E-state index contributed by atoms with van der Waals surface area (Å²) in [5.41, 5.74) is 2.11. The Morgan fingerprint density at radius 1 is 1.38 bits per heavy atom. The van der Waals surface area contributed by atoms with Crippen molar-refractivity contribution in [2.45, 2.75) is 33.1 Å². The van der Waals surface area contributed by atoms with Gasteiger partial charge in [0.05, 0.1) is 5.69 Å². The fraction of sp³-hybridized carbons (Fsp3) is 0.400. The summed E-state index contributed by atoms with van der Waals surface area (Å²) >= 11 is 1.38. The maximum Gasteiger partial charge on any atom is 0.355 e. The number of rotatable bonds is 3. The molecule has 2 rings (SSSR count). The van der Waals surface area contributed by atoms with E-state index in [1.165, 1.54) is 11.3 Å². The topological polar surface area (TPSA) is 68.0 Å². The summed E-state index contributed by atoms with van der Waals surface area (Å²) < 4.78 is 1.79. The highest BCUT2D eigenvalue weighted by Crippen LogP contribution is 2.26. The predicted octanol–water partition coefficient (Wildman–Crippen LogP) is 3.35. The first-order chi connectivity index (χ1) is 9.68. The number of aromatic carboxylic acids is 1. The Hall–Kier alpha value is -1.95. The van der Waals surface area contributed by atoms with E-state index in [1.54, 1.807) is 11.6 Å². The first-order valence-electron chi connectivity index (χ1n) is 6.61. The van der Waals surface area contributed by atoms with Crippen LogP contribution in [-0.4, -0.2) is 25.8 Å². The largest absolute Gasteiger partial charge is 0.476 e. The van der Waals surface area contributed by atoms with Gasteiger partial charge in [0.2, 0.25) is 0 Å². The standard InChI is InChI=1S/C15H19N3O2S/c1-9-12(14(19)20)16-11(21-9)7-6-10-8-18(5)17-13(10)15(2,3)4/h6-8H,1-5H3,(H,19,20)/b7-6+. The van der Waals surface area contributed by atoms with Crippen LogP contribution in [0.25, 0.3) is 12.2 Å². The van der Waals surface area contributed by atoms with Gasteiger partial charge in [-0.3, -0.25) is 4.68 Å². The van der Waals surface area contributed by atoms with E-state index in [-0.39, 0.29) is 11.1 Å². The molecule has 5 nitrogen and oxygen atoms in total. The Bertz CT molecular complexity index is 705. The molecule has 0 aromatic carbocycles. The summed E-state index contributed by atoms with van der Waals surface area (Å²) in [5.74, 6) is -0.986. The van der Waals surface area contributed by atoms with E-state index in [0.717, 1.165) is 11.3 Å². The van der Waals surface area contributed by atoms with Crippen molar-refractivity contribution in [3.8, 4) is 0 Å². The molecule has 0 unspecified atom stereocenters. The average molecular weight is 305 g/mol. The normalized spacial score (nSPS) is 12.2. The van der Waals surface area contributed by atoms with Crippen LogP contribution in [0.3, 0.4) is 0 Å². The molecular weight excluding hydrogens is 286 g/mol. The van der Waals surface area contributed by atoms with Crippen molar-refractivity contribution in [3.05, 3.63) is 33.0 Å². The van der Waals surface area contributed by atoms with Gasteiger partial charge in [0.15, 0.2) is 5.69 Å². The van der Waals surface area contributed by atoms with Gasteiger partial charge in [0.1, 0.15) is 5.01 Å². The van der Waals surface area contributed by atoms with Gasteiger partial charge in [-0.05, 0) is 19.1 Å². The van der Waals surface area contributed by atoms with Gasteiger partial charge in [-0.1, -0.05) is 20.8 Å². The summed E-state index contributed by atoms with van der Waals surface area (Å²) in [4.78, 5) is 15.8. The third kappa shape index (κ3) is 3.39. The van der Waals surface area contributed by atoms with Gasteiger partial charge in [-0.2, -0.15) is 5.10 Å². The Labute approximate surface area is 128 Å². The monoisotopic (exact) mass is 305 g/mol. The van der Waals surface area contributed by atoms with Crippen LogP contribution in [-0.2, 0) is 12.5 Å². The molecule has 2 aromatic rings. The van der Waals surface area contributed by atoms with Crippen LogP contribution < -0.4 is 0 Å². The minimum absolute atomic E-state index is 0.0496. The number of carbonyl (C=O) groups is 1. The molecule has 0 fully saturated rings. The highest BCUT2D eigenvalue weighted by Gasteiger charge is 2.20. The molecule has 112 valence electrons. The average Bonchev–Trinajstić information content (AvgIpc) is 2.89. The summed E-state index contributed by atoms with van der Waals surface area (Å²) in [6.07, 6.45) is 5.74. The van der Waals surface area contributed by atoms with Crippen molar-refractivity contribution in [2.24, 2.45) is 7.05 Å². The van der Waals surface area contributed by atoms with Crippen LogP contribution in [0.4, 0.5) is 0 Å². The van der Waals surface area contributed by atoms with Crippen molar-refractivity contribution in [1.82, 2.24) is 14.8 Å². The lowest BCUT2D eigenvalue weighted by Crippen LogP contribution is -2.13. The van der Waals surface area contributed by atoms with Gasteiger partial charge >= 0.3 is 5.97 Å². The molecular formula is C15H19N3O2S. The first kappa shape index (κ1) is 15.4. The minimum Gasteiger partial charge on any atom is -0.476 e. The first-order valence-corrected chi connectivity index (χ1v) is 7.43. The Morgan fingerprint density at radius 3 is 2.57 bits per heavy atom. The predicted molar refractivity (Wildman–Crippen MR) is 84.6 cm³/mol. The van der Waals surface area contributed by atoms with Gasteiger partial charge in [-0.25, -0.2) is 9.78 Å². The molecule has 0 saturated heterocycles. The lowest BCUT2D eigenvalue weighted by Gasteiger charge is -2.16. The quantitative estimate of drug-likeness (QED) is 0.944. The third-order valence-corrected chi connectivity index (χ3v) is 3.92. The highest BCUT2D eigenvalue weighted by molar-refractivity contribution is 7.12. The van der Waals surface area contributed by atoms with Crippen LogP contribution in [0.5, 0.6) is 0 Å². The lowest BCUT2D eigenvalue weighted by molar-refractivity contribution is 0.0690. The second-order valence-corrected chi connectivity index (χ2v) is 7.19. The fourth-order valence-corrected chi connectivity index (χ4v) is 2.88. The van der Waals surface area contributed by atoms with Crippen LogP contribution in [0.15, 0.2) is 6.20 Å². The molecule has 0 bridgehead atoms. The number of hydrogen-bond acceptors (Lipinski definition) is 4. The molecule has 2 heterocycles. The van der Waals surface area contributed by atoms with E-state index in [2.05, 4.69) is 30.9 Å². The molecule has 0 aliphatic carbocycles. The number of hydrogen-bond donors (Lipinski definition) is 1. The van der Waals surface area contributed by atoms with Gasteiger partial charge in [-0.15, -0.1) is 11.3 Å². The van der Waals surface area contributed by atoms with Crippen LogP contribution in [0, 0.1) is 6.92 Å². The Morgan fingerprint density at radius 2 is 2.05 bits per heavy atom. The molecule has 6 heteroatoms. The molecule has 0 amide bonds. The Balaban J connectivity index is 2.34. The Kier molecular flexibility index (Phi) is 4.00. The molecule has 21 heavy (non-hydrogen) atoms. The van der Waals surface area contributed by atoms with Crippen LogP contribution in [0.1, 0.15) is 52.4 Å². The maximum atomic E-state index is 11.0. The van der Waals surface area contributed by atoms with E-state index in [0.29, 0.717) is 9.88 Å². The molecule has 0 saturated carbocycles. The SMILES string of the molecule is Cc1sc(/C=C/c2cn(C)nc2C(C)(C)C)nc1C(=O)O. The van der Waals surface area contributed by atoms with E-state index in [9.17, 15) is 4.79 Å². The third-order valence-electron chi connectivity index (χ3n) is 2.99. The molecule has 0 radical (unpaired) electrons. The number of aryl methyl sites for hydroxylation is 2. The van der Waals surface area contributed by atoms with Crippen molar-refractivity contribution < 1.29 is 9.90 Å². The van der Waals surface area contributed by atoms with E-state index >= 15 is 0 Å². The highest BCUT2D eigenvalue weighted by atomic mass is 32.1. The number of nitrogens with zero attached hydrogens (tertiary/aromatic N) is 3. The summed E-state index contributed by atoms with van der Waals surface area (Å²) in [6, 6.07) is 0. The van der Waals surface area contributed by atoms with Gasteiger partial charge in [0.25, 0.3) is 0 Å². The molecule has 0 spiro atoms. The molecule has 1 N–H and O–H groups in total. The number of thiazole rings is 1. The zero-order chi connectivity index (χ0) is 15.8. The van der Waals surface area contributed by atoms with Crippen molar-refractivity contribution in [3.63, 3.8) is 0 Å². The van der Waals surface area contributed by atoms with E-state index in [4.69, 9.17) is 5.11 Å². The second kappa shape index (κ2) is 5.44. The zero-order valence-electron chi connectivity index (χ0n) is 12.8. The van der Waals surface area contributed by atoms with Crippen molar-refractivity contribution in [1.29, 1.82) is 0 Å². The number of carboxylic acids is 1. The zero-order valence-corrected chi connectivity index (χ0v) is 13.7. The van der Waals surface area contributed by atoms with E-state index in [1.807, 2.05) is 25.4 Å².